The van der Waals surface area contributed by atoms with E-state index in [0.29, 0.717) is 35.9 Å². The Hall–Kier alpha value is -2.11. The molecule has 4 aliphatic rings. The summed E-state index contributed by atoms with van der Waals surface area (Å²) in [6, 6.07) is 16.4. The van der Waals surface area contributed by atoms with E-state index in [1.165, 1.54) is 24.1 Å². The van der Waals surface area contributed by atoms with E-state index < -0.39 is 10.0 Å². The number of hydrogen-bond acceptors (Lipinski definition) is 3. The molecule has 2 aromatic rings. The Morgan fingerprint density at radius 3 is 2.47 bits per heavy atom. The van der Waals surface area contributed by atoms with Crippen LogP contribution in [0.3, 0.4) is 0 Å². The fraction of sp³-hybridized carbons (Fsp3) is 0.440. The van der Waals surface area contributed by atoms with Gasteiger partial charge in [-0.3, -0.25) is 0 Å². The molecule has 4 nitrogen and oxygen atoms in total. The summed E-state index contributed by atoms with van der Waals surface area (Å²) in [6.45, 7) is 6.08. The van der Waals surface area contributed by atoms with Gasteiger partial charge in [-0.2, -0.15) is 4.31 Å². The summed E-state index contributed by atoms with van der Waals surface area (Å²) in [7, 11) is -3.52. The van der Waals surface area contributed by atoms with Crippen LogP contribution in [0.15, 0.2) is 65.1 Å². The summed E-state index contributed by atoms with van der Waals surface area (Å²) in [4.78, 5) is 2.91. The molecule has 0 spiro atoms. The highest BCUT2D eigenvalue weighted by molar-refractivity contribution is 7.89. The molecule has 5 heteroatoms. The van der Waals surface area contributed by atoms with Crippen molar-refractivity contribution in [2.24, 2.45) is 11.3 Å². The van der Waals surface area contributed by atoms with Crippen LogP contribution in [0.1, 0.15) is 36.8 Å². The zero-order valence-electron chi connectivity index (χ0n) is 17.6. The van der Waals surface area contributed by atoms with Gasteiger partial charge in [-0.25, -0.2) is 8.42 Å². The number of anilines is 1. The lowest BCUT2D eigenvalue weighted by Gasteiger charge is -2.36. The van der Waals surface area contributed by atoms with Crippen LogP contribution in [0.2, 0.25) is 0 Å². The average molecular weight is 421 g/mol. The van der Waals surface area contributed by atoms with Gasteiger partial charge in [0, 0.05) is 42.7 Å². The summed E-state index contributed by atoms with van der Waals surface area (Å²) in [6.07, 6.45) is 5.02. The molecule has 2 aromatic carbocycles. The quantitative estimate of drug-likeness (QED) is 0.694. The lowest BCUT2D eigenvalue weighted by molar-refractivity contribution is 0.287. The number of sulfonamides is 1. The molecule has 156 valence electrons. The van der Waals surface area contributed by atoms with Crippen LogP contribution in [-0.4, -0.2) is 38.4 Å². The van der Waals surface area contributed by atoms with Crippen molar-refractivity contribution in [3.05, 3.63) is 71.3 Å². The molecule has 2 aliphatic heterocycles. The topological polar surface area (TPSA) is 40.6 Å². The third-order valence-corrected chi connectivity index (χ3v) is 9.44. The third-order valence-electron chi connectivity index (χ3n) is 7.58. The van der Waals surface area contributed by atoms with Crippen molar-refractivity contribution in [2.75, 3.05) is 24.5 Å². The van der Waals surface area contributed by atoms with Crippen LogP contribution < -0.4 is 4.90 Å². The standard InChI is InChI=1S/C25H28N2O2S/c1-17-7-11-19(12-8-17)30(28,29)26-13-14-27-22-6-4-3-5-20(22)23-21(18-9-10-18)15-25(2,16-26)24(23)27/h3-8,11-12,15,18,23-24H,9-10,13-14,16H2,1-2H3/t23-,24-,25-/m1/s1. The molecule has 2 fully saturated rings. The molecule has 3 atom stereocenters. The van der Waals surface area contributed by atoms with E-state index in [-0.39, 0.29) is 5.41 Å². The monoisotopic (exact) mass is 420 g/mol. The molecule has 0 bridgehead atoms. The van der Waals surface area contributed by atoms with Gasteiger partial charge in [0.2, 0.25) is 10.0 Å². The average Bonchev–Trinajstić information content (AvgIpc) is 3.48. The minimum Gasteiger partial charge on any atom is -0.365 e. The van der Waals surface area contributed by atoms with Crippen molar-refractivity contribution in [3.63, 3.8) is 0 Å². The molecule has 2 aliphatic carbocycles. The van der Waals surface area contributed by atoms with Crippen molar-refractivity contribution < 1.29 is 8.42 Å². The van der Waals surface area contributed by atoms with Gasteiger partial charge in [-0.15, -0.1) is 0 Å². The van der Waals surface area contributed by atoms with E-state index in [1.807, 2.05) is 19.1 Å². The fourth-order valence-electron chi connectivity index (χ4n) is 6.10. The SMILES string of the molecule is Cc1ccc(S(=O)(=O)N2CCN3c4ccccc4[C@@H]4C(C5CC5)=C[C@](C)(C2)[C@@H]43)cc1. The second-order valence-electron chi connectivity index (χ2n) is 9.75. The molecule has 0 amide bonds. The Balaban J connectivity index is 1.44. The number of para-hydroxylation sites is 1. The van der Waals surface area contributed by atoms with Gasteiger partial charge in [0.15, 0.2) is 0 Å². The molecule has 0 N–H and O–H groups in total. The van der Waals surface area contributed by atoms with E-state index in [2.05, 4.69) is 42.2 Å². The lowest BCUT2D eigenvalue weighted by atomic mass is 9.81. The molecule has 2 heterocycles. The minimum atomic E-state index is -3.52. The Bertz CT molecular complexity index is 1150. The second kappa shape index (κ2) is 6.21. The normalized spacial score (nSPS) is 30.6. The first-order valence-corrected chi connectivity index (χ1v) is 12.5. The molecular weight excluding hydrogens is 392 g/mol. The lowest BCUT2D eigenvalue weighted by Crippen LogP contribution is -2.45. The second-order valence-corrected chi connectivity index (χ2v) is 11.7. The maximum Gasteiger partial charge on any atom is 0.243 e. The fourth-order valence-corrected chi connectivity index (χ4v) is 7.64. The number of benzene rings is 2. The Labute approximate surface area is 179 Å². The van der Waals surface area contributed by atoms with E-state index in [1.54, 1.807) is 22.0 Å². The van der Waals surface area contributed by atoms with Gasteiger partial charge < -0.3 is 4.90 Å². The first kappa shape index (κ1) is 18.6. The number of aryl methyl sites for hydroxylation is 1. The van der Waals surface area contributed by atoms with Gasteiger partial charge in [0.25, 0.3) is 0 Å². The number of hydrogen-bond donors (Lipinski definition) is 0. The van der Waals surface area contributed by atoms with Crippen molar-refractivity contribution >= 4 is 15.7 Å². The molecular formula is C25H28N2O2S. The predicted octanol–water partition coefficient (Wildman–Crippen LogP) is 4.33. The van der Waals surface area contributed by atoms with Crippen molar-refractivity contribution in [1.82, 2.24) is 4.31 Å². The molecule has 0 unspecified atom stereocenters. The summed E-state index contributed by atoms with van der Waals surface area (Å²) >= 11 is 0. The Morgan fingerprint density at radius 2 is 1.73 bits per heavy atom. The number of rotatable bonds is 3. The largest absolute Gasteiger partial charge is 0.365 e. The van der Waals surface area contributed by atoms with Crippen LogP contribution >= 0.6 is 0 Å². The van der Waals surface area contributed by atoms with Crippen LogP contribution in [0.5, 0.6) is 0 Å². The van der Waals surface area contributed by atoms with Gasteiger partial charge >= 0.3 is 0 Å². The van der Waals surface area contributed by atoms with E-state index >= 15 is 0 Å². The van der Waals surface area contributed by atoms with E-state index in [0.717, 1.165) is 12.1 Å². The maximum atomic E-state index is 13.5. The Kier molecular flexibility index (Phi) is 3.86. The zero-order chi connectivity index (χ0) is 20.7. The van der Waals surface area contributed by atoms with Crippen molar-refractivity contribution in [3.8, 4) is 0 Å². The molecule has 1 saturated heterocycles. The summed E-state index contributed by atoms with van der Waals surface area (Å²) in [5.74, 6) is 1.11. The van der Waals surface area contributed by atoms with Crippen LogP contribution in [0.4, 0.5) is 5.69 Å². The first-order valence-electron chi connectivity index (χ1n) is 11.0. The zero-order valence-corrected chi connectivity index (χ0v) is 18.4. The smallest absolute Gasteiger partial charge is 0.243 e. The third kappa shape index (κ3) is 2.58. The predicted molar refractivity (Wildman–Crippen MR) is 119 cm³/mol. The first-order chi connectivity index (χ1) is 14.4. The highest BCUT2D eigenvalue weighted by Crippen LogP contribution is 2.61. The summed E-state index contributed by atoms with van der Waals surface area (Å²) in [5.41, 5.74) is 5.20. The summed E-state index contributed by atoms with van der Waals surface area (Å²) in [5, 5.41) is 0. The highest BCUT2D eigenvalue weighted by atomic mass is 32.2. The van der Waals surface area contributed by atoms with Gasteiger partial charge in [-0.05, 0) is 49.4 Å². The van der Waals surface area contributed by atoms with Gasteiger partial charge in [0.05, 0.1) is 4.90 Å². The van der Waals surface area contributed by atoms with Crippen molar-refractivity contribution in [2.45, 2.75) is 43.5 Å². The highest BCUT2D eigenvalue weighted by Gasteiger charge is 2.57. The van der Waals surface area contributed by atoms with Crippen LogP contribution in [0.25, 0.3) is 0 Å². The van der Waals surface area contributed by atoms with Crippen LogP contribution in [0, 0.1) is 18.3 Å². The molecule has 1 saturated carbocycles. The van der Waals surface area contributed by atoms with Gasteiger partial charge in [-0.1, -0.05) is 54.5 Å². The van der Waals surface area contributed by atoms with Gasteiger partial charge in [0.1, 0.15) is 0 Å². The number of fused-ring (bicyclic) bond motifs is 3. The Morgan fingerprint density at radius 1 is 1.00 bits per heavy atom. The molecule has 6 rings (SSSR count). The van der Waals surface area contributed by atoms with E-state index in [9.17, 15) is 8.42 Å². The van der Waals surface area contributed by atoms with E-state index in [4.69, 9.17) is 0 Å². The minimum absolute atomic E-state index is 0.185. The maximum absolute atomic E-state index is 13.5. The van der Waals surface area contributed by atoms with Crippen molar-refractivity contribution in [1.29, 1.82) is 0 Å². The molecule has 30 heavy (non-hydrogen) atoms. The molecule has 0 aromatic heterocycles. The van der Waals surface area contributed by atoms with Crippen LogP contribution in [-0.2, 0) is 10.0 Å². The summed E-state index contributed by atoms with van der Waals surface area (Å²) < 4.78 is 28.8. The number of nitrogens with zero attached hydrogens (tertiary/aromatic N) is 2. The molecule has 0 radical (unpaired) electrons.